The first kappa shape index (κ1) is 18.8. The van der Waals surface area contributed by atoms with Crippen molar-refractivity contribution in [1.29, 1.82) is 0 Å². The predicted molar refractivity (Wildman–Crippen MR) is 100 cm³/mol. The number of nitrogens with one attached hydrogen (secondary N) is 1. The minimum Gasteiger partial charge on any atom is -0.493 e. The van der Waals surface area contributed by atoms with E-state index in [-0.39, 0.29) is 6.10 Å². The summed E-state index contributed by atoms with van der Waals surface area (Å²) in [6, 6.07) is 12.3. The van der Waals surface area contributed by atoms with Gasteiger partial charge in [-0.15, -0.1) is 0 Å². The van der Waals surface area contributed by atoms with Gasteiger partial charge in [0, 0.05) is 5.56 Å². The lowest BCUT2D eigenvalue weighted by Gasteiger charge is -2.18. The van der Waals surface area contributed by atoms with E-state index in [0.717, 1.165) is 25.7 Å². The zero-order chi connectivity index (χ0) is 19.2. The summed E-state index contributed by atoms with van der Waals surface area (Å²) in [5.74, 6) is -0.546. The normalized spacial score (nSPS) is 15.1. The summed E-state index contributed by atoms with van der Waals surface area (Å²) in [6.07, 6.45) is 4.34. The Bertz CT molecular complexity index is 799. The van der Waals surface area contributed by atoms with Crippen LogP contribution in [0.3, 0.4) is 0 Å². The lowest BCUT2D eigenvalue weighted by atomic mass is 10.1. The second kappa shape index (κ2) is 8.58. The number of carbonyl (C=O) groups excluding carboxylic acids is 1. The number of benzene rings is 2. The zero-order valence-electron chi connectivity index (χ0n) is 15.2. The number of hydrogen-bond donors (Lipinski definition) is 2. The van der Waals surface area contributed by atoms with Gasteiger partial charge < -0.3 is 19.9 Å². The minimum absolute atomic E-state index is 0.119. The molecule has 3 rings (SSSR count). The molecule has 1 aliphatic carbocycles. The lowest BCUT2D eigenvalue weighted by molar-refractivity contribution is -0.139. The van der Waals surface area contributed by atoms with E-state index < -0.39 is 17.9 Å². The molecule has 0 aromatic heterocycles. The van der Waals surface area contributed by atoms with Crippen LogP contribution in [0.5, 0.6) is 11.5 Å². The van der Waals surface area contributed by atoms with Crippen molar-refractivity contribution in [3.05, 3.63) is 59.7 Å². The first-order valence-electron chi connectivity index (χ1n) is 9.02. The Morgan fingerprint density at radius 3 is 2.41 bits per heavy atom. The molecule has 0 spiro atoms. The topological polar surface area (TPSA) is 84.9 Å². The Morgan fingerprint density at radius 2 is 1.78 bits per heavy atom. The van der Waals surface area contributed by atoms with Gasteiger partial charge in [0.05, 0.1) is 13.2 Å². The van der Waals surface area contributed by atoms with Crippen molar-refractivity contribution in [3.63, 3.8) is 0 Å². The van der Waals surface area contributed by atoms with Crippen molar-refractivity contribution in [2.24, 2.45) is 0 Å². The van der Waals surface area contributed by atoms with Crippen LogP contribution in [-0.2, 0) is 4.79 Å². The summed E-state index contributed by atoms with van der Waals surface area (Å²) in [5, 5.41) is 12.1. The smallest absolute Gasteiger partial charge is 0.330 e. The number of amides is 1. The molecule has 2 aromatic rings. The van der Waals surface area contributed by atoms with Crippen molar-refractivity contribution in [1.82, 2.24) is 5.32 Å². The van der Waals surface area contributed by atoms with E-state index in [1.54, 1.807) is 55.6 Å². The van der Waals surface area contributed by atoms with Crippen LogP contribution in [0.4, 0.5) is 0 Å². The predicted octanol–water partition coefficient (Wildman–Crippen LogP) is 3.57. The highest BCUT2D eigenvalue weighted by atomic mass is 16.5. The molecule has 0 unspecified atom stereocenters. The van der Waals surface area contributed by atoms with Crippen molar-refractivity contribution in [2.75, 3.05) is 7.11 Å². The molecule has 1 aliphatic rings. The molecule has 0 heterocycles. The van der Waals surface area contributed by atoms with Crippen molar-refractivity contribution >= 4 is 11.9 Å². The Kier molecular flexibility index (Phi) is 5.96. The summed E-state index contributed by atoms with van der Waals surface area (Å²) in [4.78, 5) is 24.3. The van der Waals surface area contributed by atoms with Crippen molar-refractivity contribution < 1.29 is 24.2 Å². The summed E-state index contributed by atoms with van der Waals surface area (Å²) in [7, 11) is 1.55. The molecule has 6 nitrogen and oxygen atoms in total. The van der Waals surface area contributed by atoms with Crippen molar-refractivity contribution in [3.8, 4) is 11.5 Å². The van der Waals surface area contributed by atoms with Crippen LogP contribution in [0.25, 0.3) is 0 Å². The molecule has 1 saturated carbocycles. The fourth-order valence-corrected chi connectivity index (χ4v) is 3.24. The molecular weight excluding hydrogens is 346 g/mol. The Morgan fingerprint density at radius 1 is 1.07 bits per heavy atom. The largest absolute Gasteiger partial charge is 0.493 e. The molecule has 27 heavy (non-hydrogen) atoms. The Balaban J connectivity index is 1.79. The fourth-order valence-electron chi connectivity index (χ4n) is 3.24. The lowest BCUT2D eigenvalue weighted by Crippen LogP contribution is -2.33. The van der Waals surface area contributed by atoms with E-state index in [4.69, 9.17) is 9.47 Å². The number of carbonyl (C=O) groups is 2. The molecule has 6 heteroatoms. The third-order valence-electron chi connectivity index (χ3n) is 4.68. The molecule has 0 saturated heterocycles. The van der Waals surface area contributed by atoms with Crippen LogP contribution in [0.15, 0.2) is 48.5 Å². The average Bonchev–Trinajstić information content (AvgIpc) is 3.19. The number of aliphatic carboxylic acids is 1. The third-order valence-corrected chi connectivity index (χ3v) is 4.68. The second-order valence-corrected chi connectivity index (χ2v) is 6.55. The van der Waals surface area contributed by atoms with E-state index >= 15 is 0 Å². The Labute approximate surface area is 158 Å². The maximum Gasteiger partial charge on any atom is 0.330 e. The SMILES string of the molecule is COc1ccc(C(=O)N[C@H](C(=O)O)c2ccccc2)cc1OC1CCCC1. The molecule has 1 fully saturated rings. The molecule has 1 atom stereocenters. The first-order valence-corrected chi connectivity index (χ1v) is 9.02. The van der Waals surface area contributed by atoms with Gasteiger partial charge in [0.25, 0.3) is 5.91 Å². The standard InChI is InChI=1S/C21H23NO5/c1-26-17-12-11-15(13-18(17)27-16-9-5-6-10-16)20(23)22-19(21(24)25)14-7-3-2-4-8-14/h2-4,7-8,11-13,16,19H,5-6,9-10H2,1H3,(H,22,23)(H,24,25)/t19-/m0/s1. The highest BCUT2D eigenvalue weighted by molar-refractivity contribution is 5.97. The first-order chi connectivity index (χ1) is 13.1. The van der Waals surface area contributed by atoms with Crippen LogP contribution in [-0.4, -0.2) is 30.2 Å². The number of rotatable bonds is 7. The van der Waals surface area contributed by atoms with E-state index in [2.05, 4.69) is 5.32 Å². The van der Waals surface area contributed by atoms with Crippen LogP contribution >= 0.6 is 0 Å². The van der Waals surface area contributed by atoms with Gasteiger partial charge in [0.2, 0.25) is 0 Å². The maximum atomic E-state index is 12.7. The summed E-state index contributed by atoms with van der Waals surface area (Å²) in [6.45, 7) is 0. The van der Waals surface area contributed by atoms with Crippen molar-refractivity contribution in [2.45, 2.75) is 37.8 Å². The van der Waals surface area contributed by atoms with Gasteiger partial charge in [-0.2, -0.15) is 0 Å². The molecule has 2 N–H and O–H groups in total. The molecule has 0 bridgehead atoms. The maximum absolute atomic E-state index is 12.7. The highest BCUT2D eigenvalue weighted by Crippen LogP contribution is 2.32. The number of methoxy groups -OCH3 is 1. The number of carboxylic acid groups (broad SMARTS) is 1. The second-order valence-electron chi connectivity index (χ2n) is 6.55. The molecule has 142 valence electrons. The van der Waals surface area contributed by atoms with E-state index in [1.165, 1.54) is 0 Å². The van der Waals surface area contributed by atoms with Crippen LogP contribution in [0, 0.1) is 0 Å². The molecular formula is C21H23NO5. The van der Waals surface area contributed by atoms with Gasteiger partial charge in [-0.25, -0.2) is 4.79 Å². The molecule has 0 radical (unpaired) electrons. The molecule has 0 aliphatic heterocycles. The van der Waals surface area contributed by atoms with Crippen LogP contribution in [0.2, 0.25) is 0 Å². The van der Waals surface area contributed by atoms with E-state index in [1.807, 2.05) is 0 Å². The van der Waals surface area contributed by atoms with Gasteiger partial charge in [0.15, 0.2) is 17.5 Å². The van der Waals surface area contributed by atoms with Crippen LogP contribution < -0.4 is 14.8 Å². The highest BCUT2D eigenvalue weighted by Gasteiger charge is 2.24. The summed E-state index contributed by atoms with van der Waals surface area (Å²) in [5.41, 5.74) is 0.834. The third kappa shape index (κ3) is 4.58. The van der Waals surface area contributed by atoms with Gasteiger partial charge in [-0.1, -0.05) is 30.3 Å². The van der Waals surface area contributed by atoms with Gasteiger partial charge >= 0.3 is 5.97 Å². The monoisotopic (exact) mass is 369 g/mol. The molecule has 1 amide bonds. The summed E-state index contributed by atoms with van der Waals surface area (Å²) < 4.78 is 11.3. The average molecular weight is 369 g/mol. The molecule has 2 aromatic carbocycles. The number of ether oxygens (including phenoxy) is 2. The quantitative estimate of drug-likeness (QED) is 0.779. The van der Waals surface area contributed by atoms with Gasteiger partial charge in [-0.3, -0.25) is 4.79 Å². The van der Waals surface area contributed by atoms with Gasteiger partial charge in [-0.05, 0) is 49.4 Å². The number of hydrogen-bond acceptors (Lipinski definition) is 4. The fraction of sp³-hybridized carbons (Fsp3) is 0.333. The number of carboxylic acids is 1. The summed E-state index contributed by atoms with van der Waals surface area (Å²) >= 11 is 0. The zero-order valence-corrected chi connectivity index (χ0v) is 15.2. The minimum atomic E-state index is -1.12. The van der Waals surface area contributed by atoms with Crippen LogP contribution in [0.1, 0.15) is 47.6 Å². The van der Waals surface area contributed by atoms with E-state index in [0.29, 0.717) is 22.6 Å². The van der Waals surface area contributed by atoms with Gasteiger partial charge in [0.1, 0.15) is 0 Å². The Hall–Kier alpha value is -3.02. The van der Waals surface area contributed by atoms with E-state index in [9.17, 15) is 14.7 Å².